The number of halogens is 1. The molecular formula is C20H28BrN5O3. The Balaban J connectivity index is 1.58. The summed E-state index contributed by atoms with van der Waals surface area (Å²) in [4.78, 5) is 43.8. The SMILES string of the molecule is CCN1CCN(CC(=O)N2CCNC(=O)[C@@H]2CC(=O)Nc2ccc(Br)cc2)CC1. The van der Waals surface area contributed by atoms with Gasteiger partial charge in [-0.1, -0.05) is 22.9 Å². The minimum Gasteiger partial charge on any atom is -0.353 e. The van der Waals surface area contributed by atoms with Gasteiger partial charge in [-0.25, -0.2) is 0 Å². The van der Waals surface area contributed by atoms with Crippen LogP contribution in [-0.2, 0) is 14.4 Å². The van der Waals surface area contributed by atoms with Crippen LogP contribution in [0.2, 0.25) is 0 Å². The summed E-state index contributed by atoms with van der Waals surface area (Å²) in [5.74, 6) is -0.652. The standard InChI is InChI=1S/C20H28BrN5O3/c1-2-24-9-11-25(12-10-24)14-19(28)26-8-7-22-20(29)17(26)13-18(27)23-16-5-3-15(21)4-6-16/h3-6,17H,2,7-14H2,1H3,(H,22,29)(H,23,27)/t17-/m0/s1. The Bertz CT molecular complexity index is 734. The van der Waals surface area contributed by atoms with Crippen molar-refractivity contribution in [3.63, 3.8) is 0 Å². The second-order valence-corrected chi connectivity index (χ2v) is 8.28. The van der Waals surface area contributed by atoms with E-state index in [-0.39, 0.29) is 30.7 Å². The maximum Gasteiger partial charge on any atom is 0.243 e. The van der Waals surface area contributed by atoms with Gasteiger partial charge in [-0.2, -0.15) is 0 Å². The minimum atomic E-state index is -0.774. The van der Waals surface area contributed by atoms with Crippen LogP contribution in [0.1, 0.15) is 13.3 Å². The third kappa shape index (κ3) is 6.01. The van der Waals surface area contributed by atoms with E-state index in [0.29, 0.717) is 18.8 Å². The Morgan fingerprint density at radius 2 is 1.76 bits per heavy atom. The highest BCUT2D eigenvalue weighted by atomic mass is 79.9. The van der Waals surface area contributed by atoms with Crippen molar-refractivity contribution in [3.8, 4) is 0 Å². The maximum atomic E-state index is 12.9. The lowest BCUT2D eigenvalue weighted by Crippen LogP contribution is -2.60. The van der Waals surface area contributed by atoms with Crippen molar-refractivity contribution >= 4 is 39.3 Å². The number of carbonyl (C=O) groups excluding carboxylic acids is 3. The fraction of sp³-hybridized carbons (Fsp3) is 0.550. The zero-order chi connectivity index (χ0) is 20.8. The normalized spacial score (nSPS) is 21.0. The second-order valence-electron chi connectivity index (χ2n) is 7.36. The molecule has 0 unspecified atom stereocenters. The summed E-state index contributed by atoms with van der Waals surface area (Å²) in [7, 11) is 0. The summed E-state index contributed by atoms with van der Waals surface area (Å²) in [6, 6.07) is 6.45. The molecule has 2 fully saturated rings. The van der Waals surface area contributed by atoms with E-state index < -0.39 is 6.04 Å². The van der Waals surface area contributed by atoms with Crippen molar-refractivity contribution in [1.29, 1.82) is 0 Å². The Hall–Kier alpha value is -1.97. The van der Waals surface area contributed by atoms with Gasteiger partial charge in [-0.05, 0) is 30.8 Å². The lowest BCUT2D eigenvalue weighted by atomic mass is 10.1. The number of nitrogens with zero attached hydrogens (tertiary/aromatic N) is 3. The largest absolute Gasteiger partial charge is 0.353 e. The topological polar surface area (TPSA) is 85.0 Å². The Morgan fingerprint density at radius 1 is 1.10 bits per heavy atom. The van der Waals surface area contributed by atoms with E-state index in [2.05, 4.69) is 43.3 Å². The van der Waals surface area contributed by atoms with Crippen molar-refractivity contribution < 1.29 is 14.4 Å². The number of rotatable bonds is 6. The molecule has 0 spiro atoms. The number of hydrogen-bond donors (Lipinski definition) is 2. The number of carbonyl (C=O) groups is 3. The fourth-order valence-electron chi connectivity index (χ4n) is 3.68. The molecule has 3 rings (SSSR count). The highest BCUT2D eigenvalue weighted by Gasteiger charge is 2.35. The highest BCUT2D eigenvalue weighted by molar-refractivity contribution is 9.10. The van der Waals surface area contributed by atoms with Crippen LogP contribution in [0, 0.1) is 0 Å². The zero-order valence-electron chi connectivity index (χ0n) is 16.7. The predicted octanol–water partition coefficient (Wildman–Crippen LogP) is 0.742. The van der Waals surface area contributed by atoms with Gasteiger partial charge >= 0.3 is 0 Å². The molecule has 1 aromatic rings. The van der Waals surface area contributed by atoms with Crippen LogP contribution in [0.15, 0.2) is 28.7 Å². The number of nitrogens with one attached hydrogen (secondary N) is 2. The summed E-state index contributed by atoms with van der Waals surface area (Å²) in [6.45, 7) is 7.86. The van der Waals surface area contributed by atoms with Crippen LogP contribution < -0.4 is 10.6 Å². The molecule has 158 valence electrons. The molecule has 0 radical (unpaired) electrons. The molecule has 2 aliphatic rings. The van der Waals surface area contributed by atoms with Gasteiger partial charge in [0.15, 0.2) is 0 Å². The van der Waals surface area contributed by atoms with Crippen molar-refractivity contribution in [2.24, 2.45) is 0 Å². The van der Waals surface area contributed by atoms with E-state index >= 15 is 0 Å². The molecule has 2 saturated heterocycles. The van der Waals surface area contributed by atoms with E-state index in [1.54, 1.807) is 17.0 Å². The molecule has 0 aromatic heterocycles. The Labute approximate surface area is 179 Å². The molecule has 2 N–H and O–H groups in total. The molecular weight excluding hydrogens is 438 g/mol. The molecule has 2 heterocycles. The van der Waals surface area contributed by atoms with Crippen LogP contribution in [0.4, 0.5) is 5.69 Å². The van der Waals surface area contributed by atoms with Gasteiger partial charge in [0.05, 0.1) is 13.0 Å². The number of hydrogen-bond acceptors (Lipinski definition) is 5. The molecule has 0 bridgehead atoms. The van der Waals surface area contributed by atoms with E-state index in [1.807, 2.05) is 12.1 Å². The number of anilines is 1. The minimum absolute atomic E-state index is 0.0583. The molecule has 8 nitrogen and oxygen atoms in total. The van der Waals surface area contributed by atoms with Crippen LogP contribution >= 0.6 is 15.9 Å². The van der Waals surface area contributed by atoms with E-state index in [4.69, 9.17) is 0 Å². The molecule has 0 aliphatic carbocycles. The fourth-order valence-corrected chi connectivity index (χ4v) is 3.95. The van der Waals surface area contributed by atoms with E-state index in [9.17, 15) is 14.4 Å². The van der Waals surface area contributed by atoms with Crippen molar-refractivity contribution in [2.45, 2.75) is 19.4 Å². The predicted molar refractivity (Wildman–Crippen MR) is 114 cm³/mol. The van der Waals surface area contributed by atoms with Crippen molar-refractivity contribution in [1.82, 2.24) is 20.0 Å². The summed E-state index contributed by atoms with van der Waals surface area (Å²) < 4.78 is 0.915. The summed E-state index contributed by atoms with van der Waals surface area (Å²) in [5, 5.41) is 5.57. The summed E-state index contributed by atoms with van der Waals surface area (Å²) in [6.07, 6.45) is -0.0583. The van der Waals surface area contributed by atoms with Gasteiger partial charge in [-0.3, -0.25) is 19.3 Å². The summed E-state index contributed by atoms with van der Waals surface area (Å²) in [5.41, 5.74) is 0.654. The average Bonchev–Trinajstić information content (AvgIpc) is 2.71. The number of benzene rings is 1. The highest BCUT2D eigenvalue weighted by Crippen LogP contribution is 2.16. The first kappa shape index (κ1) is 21.7. The van der Waals surface area contributed by atoms with Crippen molar-refractivity contribution in [2.75, 3.05) is 57.7 Å². The second kappa shape index (κ2) is 10.2. The third-order valence-electron chi connectivity index (χ3n) is 5.43. The first-order valence-electron chi connectivity index (χ1n) is 10.0. The lowest BCUT2D eigenvalue weighted by Gasteiger charge is -2.38. The van der Waals surface area contributed by atoms with Gasteiger partial charge in [0.1, 0.15) is 6.04 Å². The van der Waals surface area contributed by atoms with Gasteiger partial charge < -0.3 is 20.4 Å². The first-order chi connectivity index (χ1) is 14.0. The third-order valence-corrected chi connectivity index (χ3v) is 5.96. The lowest BCUT2D eigenvalue weighted by molar-refractivity contribution is -0.145. The number of likely N-dealkylation sites (N-methyl/N-ethyl adjacent to an activating group) is 1. The molecule has 1 aromatic carbocycles. The zero-order valence-corrected chi connectivity index (χ0v) is 18.3. The average molecular weight is 466 g/mol. The number of piperazine rings is 2. The quantitative estimate of drug-likeness (QED) is 0.647. The smallest absolute Gasteiger partial charge is 0.243 e. The van der Waals surface area contributed by atoms with Gasteiger partial charge in [-0.15, -0.1) is 0 Å². The van der Waals surface area contributed by atoms with Gasteiger partial charge in [0.25, 0.3) is 0 Å². The molecule has 29 heavy (non-hydrogen) atoms. The van der Waals surface area contributed by atoms with E-state index in [1.165, 1.54) is 0 Å². The Morgan fingerprint density at radius 3 is 2.41 bits per heavy atom. The molecule has 1 atom stereocenters. The van der Waals surface area contributed by atoms with Gasteiger partial charge in [0.2, 0.25) is 17.7 Å². The van der Waals surface area contributed by atoms with Crippen LogP contribution in [0.25, 0.3) is 0 Å². The summed E-state index contributed by atoms with van der Waals surface area (Å²) >= 11 is 3.35. The monoisotopic (exact) mass is 465 g/mol. The molecule has 9 heteroatoms. The van der Waals surface area contributed by atoms with Gasteiger partial charge in [0, 0.05) is 49.4 Å². The number of amides is 3. The van der Waals surface area contributed by atoms with Crippen LogP contribution in [0.5, 0.6) is 0 Å². The first-order valence-corrected chi connectivity index (χ1v) is 10.8. The van der Waals surface area contributed by atoms with Crippen LogP contribution in [0.3, 0.4) is 0 Å². The molecule has 3 amide bonds. The Kier molecular flexibility index (Phi) is 7.63. The van der Waals surface area contributed by atoms with Crippen LogP contribution in [-0.4, -0.2) is 90.8 Å². The molecule has 2 aliphatic heterocycles. The molecule has 0 saturated carbocycles. The maximum absolute atomic E-state index is 12.9. The van der Waals surface area contributed by atoms with Crippen molar-refractivity contribution in [3.05, 3.63) is 28.7 Å². The van der Waals surface area contributed by atoms with E-state index in [0.717, 1.165) is 37.2 Å².